The first kappa shape index (κ1) is 34.8. The zero-order valence-corrected chi connectivity index (χ0v) is 27.0. The topological polar surface area (TPSA) is 99.5 Å². The average Bonchev–Trinajstić information content (AvgIpc) is 3.83. The number of alkyl halides is 3. The fraction of sp³-hybridized carbons (Fsp3) is 0.378. The minimum absolute atomic E-state index is 0.00792. The van der Waals surface area contributed by atoms with E-state index >= 15 is 0 Å². The molecule has 4 aromatic rings. The van der Waals surface area contributed by atoms with E-state index in [1.54, 1.807) is 10.7 Å². The predicted molar refractivity (Wildman–Crippen MR) is 177 cm³/mol. The lowest BCUT2D eigenvalue weighted by atomic mass is 10.0. The Kier molecular flexibility index (Phi) is 11.7. The van der Waals surface area contributed by atoms with E-state index in [1.807, 2.05) is 65.6 Å². The van der Waals surface area contributed by atoms with Crippen molar-refractivity contribution in [2.24, 2.45) is 0 Å². The first-order valence-electron chi connectivity index (χ1n) is 16.4. The number of unbranched alkanes of at least 4 members (excludes halogenated alkanes) is 1. The summed E-state index contributed by atoms with van der Waals surface area (Å²) in [5.41, 5.74) is 1.86. The van der Waals surface area contributed by atoms with Crippen LogP contribution in [-0.2, 0) is 25.7 Å². The Hall–Kier alpha value is -4.48. The van der Waals surface area contributed by atoms with Crippen molar-refractivity contribution in [1.29, 1.82) is 0 Å². The molecule has 1 aliphatic carbocycles. The summed E-state index contributed by atoms with van der Waals surface area (Å²) >= 11 is 0. The van der Waals surface area contributed by atoms with Gasteiger partial charge >= 0.3 is 6.18 Å². The first-order chi connectivity index (χ1) is 23.1. The number of carbonyl (C=O) groups is 2. The van der Waals surface area contributed by atoms with Gasteiger partial charge < -0.3 is 20.6 Å². The van der Waals surface area contributed by atoms with Gasteiger partial charge in [0.05, 0.1) is 24.3 Å². The largest absolute Gasteiger partial charge is 0.416 e. The number of aliphatic hydroxyl groups is 1. The van der Waals surface area contributed by atoms with Crippen LogP contribution in [0.3, 0.4) is 0 Å². The van der Waals surface area contributed by atoms with Gasteiger partial charge in [0.25, 0.3) is 11.8 Å². The molecule has 1 aliphatic rings. The van der Waals surface area contributed by atoms with Gasteiger partial charge in [0, 0.05) is 31.7 Å². The summed E-state index contributed by atoms with van der Waals surface area (Å²) in [6.07, 6.45) is -1.51. The highest BCUT2D eigenvalue weighted by Gasteiger charge is 2.35. The van der Waals surface area contributed by atoms with E-state index in [1.165, 1.54) is 12.1 Å². The molecule has 1 saturated carbocycles. The maximum absolute atomic E-state index is 13.9. The summed E-state index contributed by atoms with van der Waals surface area (Å²) in [6, 6.07) is 24.9. The molecular weight excluding hydrogens is 619 g/mol. The van der Waals surface area contributed by atoms with Crippen LogP contribution in [0.15, 0.2) is 91.0 Å². The highest BCUT2D eigenvalue weighted by molar-refractivity contribution is 5.98. The van der Waals surface area contributed by atoms with E-state index in [2.05, 4.69) is 22.7 Å². The van der Waals surface area contributed by atoms with Crippen molar-refractivity contribution in [2.75, 3.05) is 13.1 Å². The van der Waals surface area contributed by atoms with Crippen molar-refractivity contribution < 1.29 is 27.9 Å². The average molecular weight is 662 g/mol. The van der Waals surface area contributed by atoms with Crippen LogP contribution in [0, 0.1) is 0 Å². The number of benzene rings is 3. The van der Waals surface area contributed by atoms with E-state index in [0.29, 0.717) is 30.8 Å². The molecule has 1 fully saturated rings. The molecule has 5 rings (SSSR count). The van der Waals surface area contributed by atoms with Gasteiger partial charge in [-0.15, -0.1) is 0 Å². The van der Waals surface area contributed by atoms with Crippen molar-refractivity contribution >= 4 is 11.8 Å². The highest BCUT2D eigenvalue weighted by atomic mass is 19.4. The van der Waals surface area contributed by atoms with Crippen molar-refractivity contribution in [2.45, 2.75) is 76.5 Å². The second-order valence-corrected chi connectivity index (χ2v) is 12.3. The molecule has 0 spiro atoms. The third kappa shape index (κ3) is 9.54. The molecule has 3 N–H and O–H groups in total. The van der Waals surface area contributed by atoms with Crippen LogP contribution in [0.5, 0.6) is 0 Å². The summed E-state index contributed by atoms with van der Waals surface area (Å²) in [6.45, 7) is 3.12. The van der Waals surface area contributed by atoms with Gasteiger partial charge in [-0.3, -0.25) is 14.3 Å². The lowest BCUT2D eigenvalue weighted by molar-refractivity contribution is -0.137. The quantitative estimate of drug-likeness (QED) is 0.140. The van der Waals surface area contributed by atoms with Crippen LogP contribution in [0.4, 0.5) is 13.2 Å². The van der Waals surface area contributed by atoms with Crippen molar-refractivity contribution in [1.82, 2.24) is 25.3 Å². The van der Waals surface area contributed by atoms with Crippen molar-refractivity contribution in [3.63, 3.8) is 0 Å². The predicted octanol–water partition coefficient (Wildman–Crippen LogP) is 5.85. The zero-order valence-electron chi connectivity index (χ0n) is 27.0. The van der Waals surface area contributed by atoms with Gasteiger partial charge in [0.2, 0.25) is 0 Å². The number of carbonyl (C=O) groups excluding carboxylic acids is 2. The lowest BCUT2D eigenvalue weighted by Gasteiger charge is -2.24. The highest BCUT2D eigenvalue weighted by Crippen LogP contribution is 2.30. The maximum atomic E-state index is 13.9. The minimum atomic E-state index is -4.45. The number of aromatic nitrogens is 2. The first-order valence-corrected chi connectivity index (χ1v) is 16.4. The number of nitrogens with zero attached hydrogens (tertiary/aromatic N) is 3. The van der Waals surface area contributed by atoms with E-state index in [-0.39, 0.29) is 30.7 Å². The molecule has 0 unspecified atom stereocenters. The number of hydrogen-bond acceptors (Lipinski definition) is 5. The summed E-state index contributed by atoms with van der Waals surface area (Å²) in [5, 5.41) is 21.8. The van der Waals surface area contributed by atoms with Gasteiger partial charge in [0.15, 0.2) is 5.69 Å². The molecule has 1 heterocycles. The molecule has 0 radical (unpaired) electrons. The Balaban J connectivity index is 1.34. The van der Waals surface area contributed by atoms with Crippen LogP contribution >= 0.6 is 0 Å². The normalized spacial score (nSPS) is 14.4. The van der Waals surface area contributed by atoms with Crippen molar-refractivity contribution in [3.8, 4) is 0 Å². The van der Waals surface area contributed by atoms with Crippen LogP contribution in [0.25, 0.3) is 0 Å². The Morgan fingerprint density at radius 3 is 2.27 bits per heavy atom. The molecule has 3 aromatic carbocycles. The summed E-state index contributed by atoms with van der Waals surface area (Å²) < 4.78 is 41.1. The minimum Gasteiger partial charge on any atom is -0.390 e. The molecule has 1 aromatic heterocycles. The number of aliphatic hydroxyl groups excluding tert-OH is 1. The van der Waals surface area contributed by atoms with E-state index in [4.69, 9.17) is 0 Å². The summed E-state index contributed by atoms with van der Waals surface area (Å²) in [4.78, 5) is 29.5. The Bertz CT molecular complexity index is 1640. The number of halogens is 3. The van der Waals surface area contributed by atoms with E-state index in [9.17, 15) is 27.9 Å². The van der Waals surface area contributed by atoms with Crippen LogP contribution in [0.2, 0.25) is 0 Å². The van der Waals surface area contributed by atoms with Gasteiger partial charge in [0.1, 0.15) is 5.69 Å². The van der Waals surface area contributed by atoms with Gasteiger partial charge in [-0.2, -0.15) is 18.3 Å². The molecule has 48 heavy (non-hydrogen) atoms. The van der Waals surface area contributed by atoms with Gasteiger partial charge in [-0.25, -0.2) is 0 Å². The van der Waals surface area contributed by atoms with E-state index in [0.717, 1.165) is 48.9 Å². The van der Waals surface area contributed by atoms with Crippen molar-refractivity contribution in [3.05, 3.63) is 125 Å². The number of rotatable bonds is 16. The molecule has 8 nitrogen and oxygen atoms in total. The second-order valence-electron chi connectivity index (χ2n) is 12.3. The Morgan fingerprint density at radius 1 is 0.958 bits per heavy atom. The SMILES string of the molecule is CCCCN(C(=O)c1cc(C(=O)N[C@@H](Cc2ccccc2)[C@H](O)CNCc2cccc(C(F)(F)F)c2)nn1Cc1ccccc1)C1CC1. The van der Waals surface area contributed by atoms with Gasteiger partial charge in [-0.05, 0) is 48.4 Å². The summed E-state index contributed by atoms with van der Waals surface area (Å²) in [5.74, 6) is -0.701. The van der Waals surface area contributed by atoms with Crippen LogP contribution < -0.4 is 10.6 Å². The molecule has 254 valence electrons. The zero-order chi connectivity index (χ0) is 34.1. The van der Waals surface area contributed by atoms with E-state index < -0.39 is 29.8 Å². The number of nitrogens with one attached hydrogen (secondary N) is 2. The fourth-order valence-corrected chi connectivity index (χ4v) is 5.65. The molecule has 0 bridgehead atoms. The molecule has 2 atom stereocenters. The summed E-state index contributed by atoms with van der Waals surface area (Å²) in [7, 11) is 0. The number of amides is 2. The molecular formula is C37H42F3N5O3. The fourth-order valence-electron chi connectivity index (χ4n) is 5.65. The standard InChI is InChI=1S/C37H42F3N5O3/c1-2-3-19-44(30-17-18-30)36(48)33-22-32(43-45(33)25-27-13-8-5-9-14-27)35(47)42-31(21-26-11-6-4-7-12-26)34(46)24-41-23-28-15-10-16-29(20-28)37(38,39)40/h4-16,20,22,30-31,34,41,46H,2-3,17-19,21,23-25H2,1H3,(H,42,47)/t31-,34+/m0/s1. The monoisotopic (exact) mass is 661 g/mol. The Labute approximate surface area is 279 Å². The van der Waals surface area contributed by atoms with Crippen LogP contribution in [0.1, 0.15) is 75.8 Å². The molecule has 11 heteroatoms. The third-order valence-electron chi connectivity index (χ3n) is 8.42. The number of hydrogen-bond donors (Lipinski definition) is 3. The maximum Gasteiger partial charge on any atom is 0.416 e. The molecule has 0 saturated heterocycles. The second kappa shape index (κ2) is 16.1. The molecule has 0 aliphatic heterocycles. The third-order valence-corrected chi connectivity index (χ3v) is 8.42. The van der Waals surface area contributed by atoms with Gasteiger partial charge in [-0.1, -0.05) is 92.2 Å². The lowest BCUT2D eigenvalue weighted by Crippen LogP contribution is -2.48. The smallest absolute Gasteiger partial charge is 0.390 e. The molecule has 2 amide bonds. The Morgan fingerprint density at radius 2 is 1.62 bits per heavy atom. The van der Waals surface area contributed by atoms with Crippen LogP contribution in [-0.4, -0.2) is 62.9 Å².